The minimum absolute atomic E-state index is 0.0269. The van der Waals surface area contributed by atoms with Crippen LogP contribution >= 0.6 is 0 Å². The molecule has 0 bridgehead atoms. The summed E-state index contributed by atoms with van der Waals surface area (Å²) < 4.78 is 80.4. The molecular formula is C10H8F6N6O. The number of anilines is 1. The lowest BCUT2D eigenvalue weighted by Gasteiger charge is -2.22. The smallest absolute Gasteiger partial charge is 0.425 e. The van der Waals surface area contributed by atoms with Crippen LogP contribution in [0.15, 0.2) is 18.7 Å². The molecule has 0 saturated heterocycles. The molecule has 13 heteroatoms. The Bertz CT molecular complexity index is 674. The first-order chi connectivity index (χ1) is 10.6. The molecule has 1 unspecified atom stereocenters. The number of halogens is 6. The Morgan fingerprint density at radius 1 is 1.13 bits per heavy atom. The van der Waals surface area contributed by atoms with Crippen LogP contribution in [-0.2, 0) is 0 Å². The second-order valence-electron chi connectivity index (χ2n) is 4.20. The van der Waals surface area contributed by atoms with Gasteiger partial charge in [0, 0.05) is 6.07 Å². The van der Waals surface area contributed by atoms with Gasteiger partial charge in [0.1, 0.15) is 12.7 Å². The summed E-state index contributed by atoms with van der Waals surface area (Å²) in [6, 6.07) is 0.974. The summed E-state index contributed by atoms with van der Waals surface area (Å²) >= 11 is 0. The summed E-state index contributed by atoms with van der Waals surface area (Å²) in [7, 11) is 0. The van der Waals surface area contributed by atoms with Crippen molar-refractivity contribution in [2.45, 2.75) is 18.3 Å². The van der Waals surface area contributed by atoms with Crippen molar-refractivity contribution in [3.63, 3.8) is 0 Å². The molecule has 0 spiro atoms. The molecule has 1 atom stereocenters. The van der Waals surface area contributed by atoms with Crippen LogP contribution in [0.1, 0.15) is 0 Å². The minimum atomic E-state index is -5.71. The zero-order valence-corrected chi connectivity index (χ0v) is 11.0. The van der Waals surface area contributed by atoms with Crippen LogP contribution in [0.4, 0.5) is 32.3 Å². The Morgan fingerprint density at radius 3 is 2.39 bits per heavy atom. The van der Waals surface area contributed by atoms with Crippen LogP contribution in [0.5, 0.6) is 5.88 Å². The number of ether oxygens (including phenoxy) is 1. The second-order valence-corrected chi connectivity index (χ2v) is 4.20. The van der Waals surface area contributed by atoms with Gasteiger partial charge in [-0.15, -0.1) is 0 Å². The van der Waals surface area contributed by atoms with Gasteiger partial charge >= 0.3 is 12.1 Å². The molecule has 0 aliphatic carbocycles. The van der Waals surface area contributed by atoms with Crippen LogP contribution < -0.4 is 10.5 Å². The number of rotatable bonds is 5. The Kier molecular flexibility index (Phi) is 4.29. The lowest BCUT2D eigenvalue weighted by molar-refractivity contribution is -0.250. The standard InChI is InChI=1S/C10H8F6N6O/c11-7(10(14,15)16)9(12,13)2-23-6-1-5(18-3-19-6)22-8(17)20-4-21-22/h1,3-4,7H,2H2,(H2,17,20,21). The monoisotopic (exact) mass is 342 g/mol. The maximum atomic E-state index is 13.1. The molecule has 0 aliphatic heterocycles. The second kappa shape index (κ2) is 5.89. The number of alkyl halides is 6. The van der Waals surface area contributed by atoms with Crippen molar-refractivity contribution < 1.29 is 31.1 Å². The van der Waals surface area contributed by atoms with E-state index in [1.165, 1.54) is 0 Å². The van der Waals surface area contributed by atoms with Crippen LogP contribution in [0.2, 0.25) is 0 Å². The van der Waals surface area contributed by atoms with Crippen LogP contribution in [0.25, 0.3) is 5.82 Å². The SMILES string of the molecule is Nc1ncnn1-c1cc(OCC(F)(F)C(F)C(F)(F)F)ncn1. The van der Waals surface area contributed by atoms with Gasteiger partial charge in [0.05, 0.1) is 0 Å². The molecule has 0 amide bonds. The van der Waals surface area contributed by atoms with Crippen molar-refractivity contribution in [2.75, 3.05) is 12.3 Å². The maximum Gasteiger partial charge on any atom is 0.425 e. The highest BCUT2D eigenvalue weighted by atomic mass is 19.4. The van der Waals surface area contributed by atoms with Gasteiger partial charge in [-0.1, -0.05) is 0 Å². The molecule has 2 heterocycles. The van der Waals surface area contributed by atoms with Gasteiger partial charge < -0.3 is 10.5 Å². The van der Waals surface area contributed by atoms with Crippen molar-refractivity contribution in [1.29, 1.82) is 0 Å². The highest BCUT2D eigenvalue weighted by molar-refractivity contribution is 5.32. The molecule has 126 valence electrons. The molecule has 2 rings (SSSR count). The third kappa shape index (κ3) is 3.78. The van der Waals surface area contributed by atoms with E-state index in [1.807, 2.05) is 0 Å². The van der Waals surface area contributed by atoms with E-state index < -0.39 is 30.8 Å². The molecule has 7 nitrogen and oxygen atoms in total. The van der Waals surface area contributed by atoms with Crippen LogP contribution in [-0.4, -0.2) is 49.6 Å². The summed E-state index contributed by atoms with van der Waals surface area (Å²) in [5.74, 6) is -5.41. The molecule has 0 fully saturated rings. The Balaban J connectivity index is 2.11. The number of hydrogen-bond acceptors (Lipinski definition) is 6. The van der Waals surface area contributed by atoms with Gasteiger partial charge in [-0.2, -0.15) is 36.7 Å². The van der Waals surface area contributed by atoms with Crippen molar-refractivity contribution >= 4 is 5.95 Å². The molecule has 2 N–H and O–H groups in total. The minimum Gasteiger partial charge on any atom is -0.471 e. The summed E-state index contributed by atoms with van der Waals surface area (Å²) in [4.78, 5) is 10.7. The van der Waals surface area contributed by atoms with Gasteiger partial charge in [-0.25, -0.2) is 14.4 Å². The lowest BCUT2D eigenvalue weighted by Crippen LogP contribution is -2.45. The molecule has 0 aliphatic rings. The summed E-state index contributed by atoms with van der Waals surface area (Å²) in [5.41, 5.74) is 5.45. The number of nitrogens with two attached hydrogens (primary N) is 1. The van der Waals surface area contributed by atoms with Crippen molar-refractivity contribution in [3.8, 4) is 11.7 Å². The summed E-state index contributed by atoms with van der Waals surface area (Å²) in [6.45, 7) is -1.86. The fourth-order valence-electron chi connectivity index (χ4n) is 1.43. The van der Waals surface area contributed by atoms with E-state index in [9.17, 15) is 26.3 Å². The quantitative estimate of drug-likeness (QED) is 0.829. The van der Waals surface area contributed by atoms with E-state index in [0.29, 0.717) is 0 Å². The first-order valence-corrected chi connectivity index (χ1v) is 5.80. The number of nitrogen functional groups attached to an aromatic ring is 1. The van der Waals surface area contributed by atoms with E-state index >= 15 is 0 Å². The molecule has 0 radical (unpaired) electrons. The molecule has 2 aromatic rings. The predicted octanol–water partition coefficient (Wildman–Crippen LogP) is 1.55. The number of hydrogen-bond donors (Lipinski definition) is 1. The third-order valence-corrected chi connectivity index (χ3v) is 2.49. The molecule has 23 heavy (non-hydrogen) atoms. The van der Waals surface area contributed by atoms with Gasteiger partial charge in [-0.3, -0.25) is 0 Å². The van der Waals surface area contributed by atoms with E-state index in [4.69, 9.17) is 5.73 Å². The summed E-state index contributed by atoms with van der Waals surface area (Å²) in [6.07, 6.45) is -8.11. The van der Waals surface area contributed by atoms with Crippen molar-refractivity contribution in [2.24, 2.45) is 0 Å². The Morgan fingerprint density at radius 2 is 1.83 bits per heavy atom. The zero-order valence-electron chi connectivity index (χ0n) is 11.0. The van der Waals surface area contributed by atoms with E-state index in [0.717, 1.165) is 23.4 Å². The van der Waals surface area contributed by atoms with Crippen molar-refractivity contribution in [3.05, 3.63) is 18.7 Å². The fourth-order valence-corrected chi connectivity index (χ4v) is 1.43. The molecule has 0 saturated carbocycles. The predicted molar refractivity (Wildman–Crippen MR) is 62.8 cm³/mol. The zero-order chi connectivity index (χ0) is 17.3. The highest BCUT2D eigenvalue weighted by Gasteiger charge is 2.57. The number of nitrogens with zero attached hydrogens (tertiary/aromatic N) is 5. The molecule has 0 aromatic carbocycles. The fraction of sp³-hybridized carbons (Fsp3) is 0.400. The average Bonchev–Trinajstić information content (AvgIpc) is 2.90. The largest absolute Gasteiger partial charge is 0.471 e. The average molecular weight is 342 g/mol. The first kappa shape index (κ1) is 16.8. The Hall–Kier alpha value is -2.60. The van der Waals surface area contributed by atoms with Gasteiger partial charge in [-0.05, 0) is 0 Å². The normalized spacial score (nSPS) is 13.8. The number of aromatic nitrogens is 5. The Labute approximate surface area is 124 Å². The highest BCUT2D eigenvalue weighted by Crippen LogP contribution is 2.35. The lowest BCUT2D eigenvalue weighted by atomic mass is 10.2. The van der Waals surface area contributed by atoms with Crippen LogP contribution in [0, 0.1) is 0 Å². The van der Waals surface area contributed by atoms with Gasteiger partial charge in [0.25, 0.3) is 6.17 Å². The topological polar surface area (TPSA) is 91.7 Å². The third-order valence-electron chi connectivity index (χ3n) is 2.49. The van der Waals surface area contributed by atoms with Gasteiger partial charge in [0.2, 0.25) is 11.8 Å². The summed E-state index contributed by atoms with van der Waals surface area (Å²) in [5, 5.41) is 3.67. The van der Waals surface area contributed by atoms with E-state index in [-0.39, 0.29) is 11.8 Å². The van der Waals surface area contributed by atoms with E-state index in [1.54, 1.807) is 0 Å². The van der Waals surface area contributed by atoms with E-state index in [2.05, 4.69) is 24.8 Å². The van der Waals surface area contributed by atoms with Crippen LogP contribution in [0.3, 0.4) is 0 Å². The van der Waals surface area contributed by atoms with Crippen molar-refractivity contribution in [1.82, 2.24) is 24.7 Å². The molecule has 2 aromatic heterocycles. The molecular weight excluding hydrogens is 334 g/mol. The maximum absolute atomic E-state index is 13.1. The van der Waals surface area contributed by atoms with Gasteiger partial charge in [0.15, 0.2) is 12.4 Å². The first-order valence-electron chi connectivity index (χ1n) is 5.80.